The van der Waals surface area contributed by atoms with E-state index in [9.17, 15) is 0 Å². The topological polar surface area (TPSA) is 56.5 Å². The minimum atomic E-state index is 0. The molecule has 0 N–H and O–H groups in total. The number of hydrogen-bond donors (Lipinski definition) is 0. The summed E-state index contributed by atoms with van der Waals surface area (Å²) in [7, 11) is 1.95. The van der Waals surface area contributed by atoms with Crippen LogP contribution in [0.4, 0.5) is 0 Å². The van der Waals surface area contributed by atoms with Crippen molar-refractivity contribution >= 4 is 21.9 Å². The first kappa shape index (κ1) is 15.4. The molecule has 3 aromatic rings. The van der Waals surface area contributed by atoms with Crippen LogP contribution in [-0.2, 0) is 49.2 Å². The van der Waals surface area contributed by atoms with Gasteiger partial charge in [0.2, 0.25) is 0 Å². The Hall–Kier alpha value is -0.663. The zero-order valence-corrected chi connectivity index (χ0v) is 15.9. The van der Waals surface area contributed by atoms with Crippen molar-refractivity contribution in [3.8, 4) is 0 Å². The summed E-state index contributed by atoms with van der Waals surface area (Å²) in [6.45, 7) is 3.87. The van der Waals surface area contributed by atoms with Crippen LogP contribution in [-0.4, -0.2) is 24.7 Å². The van der Waals surface area contributed by atoms with E-state index in [1.54, 1.807) is 0 Å². The normalized spacial score (nSPS) is 10.2. The van der Waals surface area contributed by atoms with Crippen molar-refractivity contribution in [2.24, 2.45) is 7.05 Å². The number of hydrogen-bond acceptors (Lipinski definition) is 4. The summed E-state index contributed by atoms with van der Waals surface area (Å²) in [4.78, 5) is 8.97. The van der Waals surface area contributed by atoms with Gasteiger partial charge < -0.3 is 14.5 Å². The van der Waals surface area contributed by atoms with Crippen LogP contribution in [0.25, 0.3) is 21.9 Å². The largest absolute Gasteiger partial charge is 0.329 e. The van der Waals surface area contributed by atoms with Gasteiger partial charge in [-0.3, -0.25) is 15.6 Å². The van der Waals surface area contributed by atoms with Crippen LogP contribution in [0.3, 0.4) is 0 Å². The van der Waals surface area contributed by atoms with Gasteiger partial charge in [0.25, 0.3) is 0 Å². The summed E-state index contributed by atoms with van der Waals surface area (Å²) in [5.74, 6) is 0.916. The molecule has 92 valence electrons. The summed E-state index contributed by atoms with van der Waals surface area (Å²) in [5.41, 5.74) is 2.53. The van der Waals surface area contributed by atoms with Gasteiger partial charge in [0.15, 0.2) is 0 Å². The maximum absolute atomic E-state index is 4.51. The van der Waals surface area contributed by atoms with Gasteiger partial charge >= 0.3 is 0 Å². The van der Waals surface area contributed by atoms with Gasteiger partial charge in [0.05, 0.1) is 11.5 Å². The molecule has 0 aliphatic carbocycles. The average Bonchev–Trinajstić information content (AvgIpc) is 2.57. The molecule has 7 heteroatoms. The molecule has 0 saturated carbocycles. The molecule has 3 rings (SSSR count). The van der Waals surface area contributed by atoms with E-state index in [0.29, 0.717) is 0 Å². The van der Waals surface area contributed by atoms with Gasteiger partial charge in [-0.2, -0.15) is 0 Å². The fourth-order valence-corrected chi connectivity index (χ4v) is 1.80. The Bertz CT molecular complexity index is 707. The van der Waals surface area contributed by atoms with Crippen molar-refractivity contribution in [2.45, 2.75) is 13.8 Å². The van der Waals surface area contributed by atoms with Crippen molar-refractivity contribution < 1.29 is 42.1 Å². The number of aromatic nitrogens is 5. The molecule has 0 radical (unpaired) electrons. The predicted molar refractivity (Wildman–Crippen MR) is 58.8 cm³/mol. The van der Waals surface area contributed by atoms with E-state index in [2.05, 4.69) is 32.6 Å². The van der Waals surface area contributed by atoms with E-state index in [4.69, 9.17) is 0 Å². The van der Waals surface area contributed by atoms with Crippen LogP contribution >= 0.6 is 0 Å². The van der Waals surface area contributed by atoms with Crippen LogP contribution in [0.2, 0.25) is 0 Å². The van der Waals surface area contributed by atoms with Gasteiger partial charge in [-0.1, -0.05) is 12.4 Å². The summed E-state index contributed by atoms with van der Waals surface area (Å²) in [6.07, 6.45) is 5.70. The van der Waals surface area contributed by atoms with Gasteiger partial charge in [-0.15, -0.1) is 18.1 Å². The summed E-state index contributed by atoms with van der Waals surface area (Å²) in [6, 6.07) is 0. The molecule has 18 heavy (non-hydrogen) atoms. The molecule has 0 amide bonds. The van der Waals surface area contributed by atoms with E-state index in [-0.39, 0.29) is 42.1 Å². The van der Waals surface area contributed by atoms with Crippen LogP contribution in [0.5, 0.6) is 0 Å². The molecule has 0 aromatic carbocycles. The summed E-state index contributed by atoms with van der Waals surface area (Å²) in [5, 5.41) is 9.11. The Labute approximate surface area is 133 Å². The first-order chi connectivity index (χ1) is 7.68. The zero-order valence-electron chi connectivity index (χ0n) is 10.1. The molecular formula is C11H9N5W2-2. The fourth-order valence-electron chi connectivity index (χ4n) is 1.80. The standard InChI is InChI=1S/C11H9N5.2W/c1-6-8-4-12-13-5-9(8)10-11(14-6)16(3)7(2)15-10;;/h1-3H3;;/q-2;;. The molecule has 3 aromatic heterocycles. The molecule has 0 spiro atoms. The summed E-state index contributed by atoms with van der Waals surface area (Å²) >= 11 is 0. The Kier molecular flexibility index (Phi) is 4.74. The second kappa shape index (κ2) is 5.54. The van der Waals surface area contributed by atoms with Crippen molar-refractivity contribution in [1.29, 1.82) is 0 Å². The van der Waals surface area contributed by atoms with E-state index < -0.39 is 0 Å². The average molecular weight is 579 g/mol. The van der Waals surface area contributed by atoms with Crippen molar-refractivity contribution in [2.75, 3.05) is 0 Å². The zero-order chi connectivity index (χ0) is 11.3. The van der Waals surface area contributed by atoms with E-state index in [1.165, 1.54) is 0 Å². The Balaban J connectivity index is 0.000000810. The quantitative estimate of drug-likeness (QED) is 0.376. The van der Waals surface area contributed by atoms with Crippen LogP contribution in [0.15, 0.2) is 0 Å². The van der Waals surface area contributed by atoms with E-state index in [1.807, 2.05) is 25.5 Å². The van der Waals surface area contributed by atoms with Crippen molar-refractivity contribution in [3.05, 3.63) is 23.9 Å². The number of pyridine rings is 1. The maximum Gasteiger partial charge on any atom is 0.0918 e. The molecule has 0 aliphatic heterocycles. The number of fused-ring (bicyclic) bond motifs is 3. The molecule has 0 atom stereocenters. The monoisotopic (exact) mass is 579 g/mol. The number of nitrogens with zero attached hydrogens (tertiary/aromatic N) is 5. The molecule has 5 nitrogen and oxygen atoms in total. The van der Waals surface area contributed by atoms with Gasteiger partial charge in [-0.25, -0.2) is 5.39 Å². The molecule has 0 aliphatic rings. The van der Waals surface area contributed by atoms with Crippen LogP contribution in [0.1, 0.15) is 11.5 Å². The van der Waals surface area contributed by atoms with E-state index >= 15 is 0 Å². The second-order valence-electron chi connectivity index (χ2n) is 3.76. The Morgan fingerprint density at radius 2 is 1.56 bits per heavy atom. The summed E-state index contributed by atoms with van der Waals surface area (Å²) < 4.78 is 1.95. The maximum atomic E-state index is 4.51. The third kappa shape index (κ3) is 2.14. The minimum absolute atomic E-state index is 0. The minimum Gasteiger partial charge on any atom is -0.329 e. The molecule has 0 fully saturated rings. The number of imidazole rings is 1. The van der Waals surface area contributed by atoms with Gasteiger partial charge in [0, 0.05) is 49.2 Å². The van der Waals surface area contributed by atoms with E-state index in [0.717, 1.165) is 33.5 Å². The smallest absolute Gasteiger partial charge is 0.0918 e. The van der Waals surface area contributed by atoms with Crippen molar-refractivity contribution in [3.63, 3.8) is 0 Å². The number of aryl methyl sites for hydroxylation is 3. The van der Waals surface area contributed by atoms with Gasteiger partial charge in [0.1, 0.15) is 0 Å². The molecular weight excluding hydrogens is 570 g/mol. The molecule has 3 heterocycles. The Morgan fingerprint density at radius 3 is 2.22 bits per heavy atom. The Morgan fingerprint density at radius 1 is 0.944 bits per heavy atom. The molecule has 0 saturated heterocycles. The first-order valence-electron chi connectivity index (χ1n) is 4.94. The molecule has 0 unspecified atom stereocenters. The number of rotatable bonds is 0. The molecule has 0 bridgehead atoms. The SMILES string of the molecule is Cc1nc2c(nc(C)n2C)c2[c-]nn[c-]c12.[W].[W]. The third-order valence-electron chi connectivity index (χ3n) is 2.78. The van der Waals surface area contributed by atoms with Crippen LogP contribution < -0.4 is 0 Å². The fraction of sp³-hybridized carbons (Fsp3) is 0.273. The van der Waals surface area contributed by atoms with Crippen molar-refractivity contribution in [1.82, 2.24) is 24.7 Å². The predicted octanol–water partition coefficient (Wildman–Crippen LogP) is 1.12. The third-order valence-corrected chi connectivity index (χ3v) is 2.78. The van der Waals surface area contributed by atoms with Gasteiger partial charge in [-0.05, 0) is 6.92 Å². The van der Waals surface area contributed by atoms with Crippen LogP contribution in [0, 0.1) is 26.2 Å². The first-order valence-corrected chi connectivity index (χ1v) is 4.94. The second-order valence-corrected chi connectivity index (χ2v) is 3.76.